The molecule has 104 valence electrons. The van der Waals surface area contributed by atoms with E-state index in [9.17, 15) is 22.8 Å². The van der Waals surface area contributed by atoms with E-state index in [4.69, 9.17) is 11.6 Å². The lowest BCUT2D eigenvalue weighted by molar-refractivity contribution is -0.135. The lowest BCUT2D eigenvalue weighted by atomic mass is 10.3. The first-order valence-electron chi connectivity index (χ1n) is 5.23. The van der Waals surface area contributed by atoms with Gasteiger partial charge in [-0.3, -0.25) is 14.3 Å². The van der Waals surface area contributed by atoms with Crippen LogP contribution in [0.25, 0.3) is 11.2 Å². The highest BCUT2D eigenvalue weighted by Gasteiger charge is 2.26. The minimum atomic E-state index is -4.30. The van der Waals surface area contributed by atoms with Crippen LogP contribution in [0.2, 0.25) is 5.28 Å². The molecule has 0 aromatic carbocycles. The predicted molar refractivity (Wildman–Crippen MR) is 61.3 cm³/mol. The second kappa shape index (κ2) is 4.72. The second-order valence-electron chi connectivity index (χ2n) is 3.86. The number of imidazole rings is 1. The van der Waals surface area contributed by atoms with Gasteiger partial charge in [-0.15, -0.1) is 0 Å². The molecule has 2 rings (SSSR count). The van der Waals surface area contributed by atoms with Crippen LogP contribution in [0.3, 0.4) is 0 Å². The van der Waals surface area contributed by atoms with Crippen LogP contribution >= 0.6 is 11.6 Å². The second-order valence-corrected chi connectivity index (χ2v) is 4.21. The Labute approximate surface area is 108 Å². The van der Waals surface area contributed by atoms with E-state index in [0.717, 1.165) is 4.57 Å². The fourth-order valence-electron chi connectivity index (χ4n) is 1.66. The van der Waals surface area contributed by atoms with Crippen molar-refractivity contribution in [2.45, 2.75) is 25.6 Å². The van der Waals surface area contributed by atoms with Gasteiger partial charge in [0.05, 0.1) is 0 Å². The van der Waals surface area contributed by atoms with Gasteiger partial charge in [-0.1, -0.05) is 0 Å². The molecule has 0 saturated heterocycles. The summed E-state index contributed by atoms with van der Waals surface area (Å²) in [5.74, 6) is 0. The molecule has 2 aromatic rings. The highest BCUT2D eigenvalue weighted by Crippen LogP contribution is 2.21. The summed E-state index contributed by atoms with van der Waals surface area (Å²) < 4.78 is 37.1. The Balaban J connectivity index is 2.37. The number of aromatic nitrogens is 4. The van der Waals surface area contributed by atoms with Crippen LogP contribution in [0.5, 0.6) is 0 Å². The third kappa shape index (κ3) is 2.98. The summed E-state index contributed by atoms with van der Waals surface area (Å²) in [6.45, 7) is -0.215. The fourth-order valence-corrected chi connectivity index (χ4v) is 1.83. The maximum Gasteiger partial charge on any atom is 0.389 e. The number of hydrogen-bond donors (Lipinski definition) is 2. The van der Waals surface area contributed by atoms with Crippen LogP contribution in [-0.4, -0.2) is 25.7 Å². The quantitative estimate of drug-likeness (QED) is 0.840. The average Bonchev–Trinajstić information content (AvgIpc) is 2.64. The summed E-state index contributed by atoms with van der Waals surface area (Å²) >= 11 is 5.57. The molecule has 0 saturated carbocycles. The molecular formula is C9H8ClF3N4O2. The molecular weight excluding hydrogens is 289 g/mol. The first-order valence-corrected chi connectivity index (χ1v) is 5.61. The molecule has 0 amide bonds. The van der Waals surface area contributed by atoms with Crippen LogP contribution in [0.1, 0.15) is 12.8 Å². The van der Waals surface area contributed by atoms with Crippen molar-refractivity contribution in [1.82, 2.24) is 19.5 Å². The Hall–Kier alpha value is -1.77. The zero-order valence-corrected chi connectivity index (χ0v) is 10.1. The van der Waals surface area contributed by atoms with Gasteiger partial charge in [-0.25, -0.2) is 4.79 Å². The maximum atomic E-state index is 12.1. The number of fused-ring (bicyclic) bond motifs is 1. The molecule has 0 fully saturated rings. The first kappa shape index (κ1) is 13.7. The zero-order valence-electron chi connectivity index (χ0n) is 9.34. The largest absolute Gasteiger partial charge is 0.389 e. The number of aryl methyl sites for hydroxylation is 1. The van der Waals surface area contributed by atoms with Gasteiger partial charge in [0.2, 0.25) is 5.28 Å². The number of H-pyrrole nitrogens is 2. The van der Waals surface area contributed by atoms with E-state index in [1.807, 2.05) is 4.98 Å². The van der Waals surface area contributed by atoms with Gasteiger partial charge in [0.1, 0.15) is 0 Å². The number of rotatable bonds is 3. The molecule has 0 bridgehead atoms. The van der Waals surface area contributed by atoms with Gasteiger partial charge in [-0.2, -0.15) is 18.2 Å². The molecule has 0 spiro atoms. The maximum absolute atomic E-state index is 12.1. The third-order valence-corrected chi connectivity index (χ3v) is 2.63. The van der Waals surface area contributed by atoms with E-state index in [1.165, 1.54) is 0 Å². The molecule has 2 aromatic heterocycles. The summed E-state index contributed by atoms with van der Waals surface area (Å²) in [4.78, 5) is 31.1. The van der Waals surface area contributed by atoms with Crippen molar-refractivity contribution in [3.05, 3.63) is 26.1 Å². The van der Waals surface area contributed by atoms with Crippen LogP contribution in [0, 0.1) is 0 Å². The molecule has 0 unspecified atom stereocenters. The normalized spacial score (nSPS) is 12.2. The van der Waals surface area contributed by atoms with Crippen molar-refractivity contribution in [1.29, 1.82) is 0 Å². The zero-order chi connectivity index (χ0) is 14.2. The SMILES string of the molecule is O=c1[nH]c(=O)n(CCCC(F)(F)F)c2nc(Cl)[nH]c12. The lowest BCUT2D eigenvalue weighted by Gasteiger charge is -2.07. The number of aromatic amines is 2. The Morgan fingerprint density at radius 3 is 2.58 bits per heavy atom. The molecule has 0 aliphatic rings. The van der Waals surface area contributed by atoms with Crippen LogP contribution in [0.15, 0.2) is 9.59 Å². The molecule has 10 heteroatoms. The Kier molecular flexibility index (Phi) is 3.40. The molecule has 2 N–H and O–H groups in total. The van der Waals surface area contributed by atoms with Gasteiger partial charge in [0, 0.05) is 13.0 Å². The Bertz CT molecular complexity index is 715. The molecule has 0 aliphatic carbocycles. The van der Waals surface area contributed by atoms with Gasteiger partial charge in [-0.05, 0) is 18.0 Å². The van der Waals surface area contributed by atoms with E-state index in [1.54, 1.807) is 0 Å². The van der Waals surface area contributed by atoms with Crippen LogP contribution in [0.4, 0.5) is 13.2 Å². The van der Waals surface area contributed by atoms with Gasteiger partial charge >= 0.3 is 11.9 Å². The van der Waals surface area contributed by atoms with E-state index < -0.39 is 23.8 Å². The monoisotopic (exact) mass is 296 g/mol. The summed E-state index contributed by atoms with van der Waals surface area (Å²) in [5.41, 5.74) is -1.63. The molecule has 19 heavy (non-hydrogen) atoms. The lowest BCUT2D eigenvalue weighted by Crippen LogP contribution is -2.30. The number of alkyl halides is 3. The number of nitrogens with zero attached hydrogens (tertiary/aromatic N) is 2. The fraction of sp³-hybridized carbons (Fsp3) is 0.444. The molecule has 2 heterocycles. The Morgan fingerprint density at radius 2 is 1.95 bits per heavy atom. The minimum Gasteiger partial charge on any atom is -0.323 e. The third-order valence-electron chi connectivity index (χ3n) is 2.45. The number of nitrogens with one attached hydrogen (secondary N) is 2. The van der Waals surface area contributed by atoms with E-state index in [2.05, 4.69) is 9.97 Å². The molecule has 6 nitrogen and oxygen atoms in total. The van der Waals surface area contributed by atoms with Crippen LogP contribution < -0.4 is 11.2 Å². The molecule has 0 atom stereocenters. The highest BCUT2D eigenvalue weighted by atomic mass is 35.5. The minimum absolute atomic E-state index is 0.0448. The topological polar surface area (TPSA) is 83.5 Å². The van der Waals surface area contributed by atoms with Crippen molar-refractivity contribution in [2.75, 3.05) is 0 Å². The van der Waals surface area contributed by atoms with Crippen LogP contribution in [-0.2, 0) is 6.54 Å². The number of hydrogen-bond acceptors (Lipinski definition) is 3. The van der Waals surface area contributed by atoms with Gasteiger partial charge < -0.3 is 4.98 Å². The average molecular weight is 297 g/mol. The van der Waals surface area contributed by atoms with Crippen molar-refractivity contribution in [3.63, 3.8) is 0 Å². The van der Waals surface area contributed by atoms with Crippen molar-refractivity contribution >= 4 is 22.8 Å². The molecule has 0 radical (unpaired) electrons. The van der Waals surface area contributed by atoms with E-state index in [0.29, 0.717) is 0 Å². The molecule has 0 aliphatic heterocycles. The van der Waals surface area contributed by atoms with E-state index >= 15 is 0 Å². The smallest absolute Gasteiger partial charge is 0.323 e. The Morgan fingerprint density at radius 1 is 1.26 bits per heavy atom. The standard InChI is InChI=1S/C9H8ClF3N4O2/c10-7-14-4-5(15-7)17(8(19)16-6(4)18)3-1-2-9(11,12)13/h1-3H2,(H,14,15)(H,16,18,19). The predicted octanol–water partition coefficient (Wildman–Crippen LogP) is 1.41. The summed E-state index contributed by atoms with van der Waals surface area (Å²) in [5, 5.41) is -0.115. The summed E-state index contributed by atoms with van der Waals surface area (Å²) in [6, 6.07) is 0. The van der Waals surface area contributed by atoms with Gasteiger partial charge in [0.15, 0.2) is 11.2 Å². The highest BCUT2D eigenvalue weighted by molar-refractivity contribution is 6.28. The van der Waals surface area contributed by atoms with E-state index in [-0.39, 0.29) is 29.4 Å². The van der Waals surface area contributed by atoms with Gasteiger partial charge in [0.25, 0.3) is 5.56 Å². The number of halogens is 4. The summed E-state index contributed by atoms with van der Waals surface area (Å²) in [7, 11) is 0. The first-order chi connectivity index (χ1) is 8.78. The summed E-state index contributed by atoms with van der Waals surface area (Å²) in [6.07, 6.45) is -5.62. The van der Waals surface area contributed by atoms with Crippen molar-refractivity contribution in [2.24, 2.45) is 0 Å². The van der Waals surface area contributed by atoms with Crippen molar-refractivity contribution < 1.29 is 13.2 Å². The van der Waals surface area contributed by atoms with Crippen molar-refractivity contribution in [3.8, 4) is 0 Å².